The van der Waals surface area contributed by atoms with Crippen LogP contribution in [0.4, 0.5) is 4.39 Å². The van der Waals surface area contributed by atoms with Crippen molar-refractivity contribution in [2.75, 3.05) is 13.1 Å². The molecule has 1 aliphatic heterocycles. The summed E-state index contributed by atoms with van der Waals surface area (Å²) in [5.74, 6) is 0.0832. The van der Waals surface area contributed by atoms with Crippen LogP contribution in [0.3, 0.4) is 0 Å². The highest BCUT2D eigenvalue weighted by molar-refractivity contribution is 7.11. The third-order valence-corrected chi connectivity index (χ3v) is 6.11. The van der Waals surface area contributed by atoms with Crippen LogP contribution in [0.15, 0.2) is 48.0 Å². The first-order valence-electron chi connectivity index (χ1n) is 9.50. The fourth-order valence-electron chi connectivity index (χ4n) is 3.69. The Labute approximate surface area is 168 Å². The number of thiazole rings is 1. The lowest BCUT2D eigenvalue weighted by molar-refractivity contribution is 0.0710. The zero-order chi connectivity index (χ0) is 19.5. The number of carbonyl (C=O) groups excluding carboxylic acids is 1. The van der Waals surface area contributed by atoms with E-state index in [0.717, 1.165) is 46.9 Å². The highest BCUT2D eigenvalue weighted by Gasteiger charge is 2.28. The maximum atomic E-state index is 13.1. The molecule has 28 heavy (non-hydrogen) atoms. The third kappa shape index (κ3) is 4.12. The first kappa shape index (κ1) is 18.7. The van der Waals surface area contributed by atoms with Crippen molar-refractivity contribution in [1.29, 1.82) is 0 Å². The second kappa shape index (κ2) is 8.19. The van der Waals surface area contributed by atoms with E-state index in [0.29, 0.717) is 13.0 Å². The van der Waals surface area contributed by atoms with Crippen molar-refractivity contribution in [1.82, 2.24) is 14.9 Å². The molecule has 1 aromatic carbocycles. The molecule has 4 rings (SSSR count). The normalized spacial score (nSPS) is 16.9. The number of likely N-dealkylation sites (tertiary alicyclic amines) is 1. The summed E-state index contributed by atoms with van der Waals surface area (Å²) in [5, 5.41) is 0. The number of carbonyl (C=O) groups is 1. The zero-order valence-corrected chi connectivity index (χ0v) is 16.6. The van der Waals surface area contributed by atoms with Gasteiger partial charge in [-0.05, 0) is 49.6 Å². The second-order valence-corrected chi connectivity index (χ2v) is 8.07. The zero-order valence-electron chi connectivity index (χ0n) is 15.8. The van der Waals surface area contributed by atoms with Crippen LogP contribution < -0.4 is 0 Å². The van der Waals surface area contributed by atoms with Crippen molar-refractivity contribution in [3.8, 4) is 0 Å². The van der Waals surface area contributed by atoms with Crippen molar-refractivity contribution < 1.29 is 9.18 Å². The average molecular weight is 396 g/mol. The Morgan fingerprint density at radius 1 is 1.25 bits per heavy atom. The van der Waals surface area contributed by atoms with Crippen molar-refractivity contribution in [3.63, 3.8) is 0 Å². The summed E-state index contributed by atoms with van der Waals surface area (Å²) in [4.78, 5) is 24.6. The van der Waals surface area contributed by atoms with Crippen LogP contribution in [0.1, 0.15) is 51.1 Å². The molecule has 1 amide bonds. The fourth-order valence-corrected chi connectivity index (χ4v) is 4.46. The quantitative estimate of drug-likeness (QED) is 0.649. The first-order valence-corrected chi connectivity index (χ1v) is 10.4. The molecule has 0 spiro atoms. The minimum atomic E-state index is -0.228. The van der Waals surface area contributed by atoms with Crippen molar-refractivity contribution in [2.24, 2.45) is 0 Å². The monoisotopic (exact) mass is 395 g/mol. The van der Waals surface area contributed by atoms with Gasteiger partial charge in [0.2, 0.25) is 0 Å². The highest BCUT2D eigenvalue weighted by atomic mass is 32.1. The fraction of sp³-hybridized carbons (Fsp3) is 0.318. The van der Waals surface area contributed by atoms with Crippen LogP contribution in [0, 0.1) is 12.7 Å². The lowest BCUT2D eigenvalue weighted by Gasteiger charge is -2.32. The molecule has 1 fully saturated rings. The van der Waals surface area contributed by atoms with E-state index in [-0.39, 0.29) is 17.6 Å². The summed E-state index contributed by atoms with van der Waals surface area (Å²) in [7, 11) is 0. The average Bonchev–Trinajstić information content (AvgIpc) is 3.15. The lowest BCUT2D eigenvalue weighted by Crippen LogP contribution is -2.39. The van der Waals surface area contributed by atoms with Crippen molar-refractivity contribution in [3.05, 3.63) is 81.3 Å². The molecular weight excluding hydrogens is 373 g/mol. The van der Waals surface area contributed by atoms with E-state index < -0.39 is 0 Å². The molecule has 0 N–H and O–H groups in total. The number of amides is 1. The summed E-state index contributed by atoms with van der Waals surface area (Å²) in [6.07, 6.45) is 2.67. The molecule has 144 valence electrons. The van der Waals surface area contributed by atoms with E-state index in [1.807, 2.05) is 30.0 Å². The lowest BCUT2D eigenvalue weighted by atomic mass is 9.93. The number of halogens is 1. The van der Waals surface area contributed by atoms with Gasteiger partial charge in [0.05, 0.1) is 11.2 Å². The number of nitrogens with zero attached hydrogens (tertiary/aromatic N) is 3. The highest BCUT2D eigenvalue weighted by Crippen LogP contribution is 2.28. The van der Waals surface area contributed by atoms with Gasteiger partial charge in [-0.2, -0.15) is 0 Å². The summed E-state index contributed by atoms with van der Waals surface area (Å²) in [5.41, 5.74) is 5.55. The topological polar surface area (TPSA) is 46.1 Å². The van der Waals surface area contributed by atoms with Crippen LogP contribution in [-0.4, -0.2) is 33.9 Å². The molecule has 3 aromatic rings. The van der Waals surface area contributed by atoms with Gasteiger partial charge in [0.15, 0.2) is 0 Å². The van der Waals surface area contributed by atoms with E-state index in [2.05, 4.69) is 4.98 Å². The number of piperidine rings is 1. The molecule has 1 saturated heterocycles. The first-order chi connectivity index (χ1) is 13.6. The van der Waals surface area contributed by atoms with Crippen LogP contribution >= 0.6 is 11.3 Å². The molecule has 2 aromatic heterocycles. The molecule has 3 heterocycles. The second-order valence-electron chi connectivity index (χ2n) is 7.21. The Morgan fingerprint density at radius 3 is 2.82 bits per heavy atom. The Balaban J connectivity index is 1.48. The van der Waals surface area contributed by atoms with Gasteiger partial charge in [0.1, 0.15) is 10.7 Å². The van der Waals surface area contributed by atoms with Crippen LogP contribution in [0.5, 0.6) is 0 Å². The standard InChI is InChI=1S/C22H22FN3OS/c1-15-21(28-14-24-15)22(27)26-11-3-4-17(13-26)20-6-2-5-19(25-20)12-16-7-9-18(23)10-8-16/h2,5-10,14,17H,3-4,11-13H2,1H3. The number of rotatable bonds is 4. The van der Waals surface area contributed by atoms with Gasteiger partial charge < -0.3 is 4.90 Å². The molecule has 1 aliphatic rings. The van der Waals surface area contributed by atoms with Gasteiger partial charge in [0.25, 0.3) is 5.91 Å². The van der Waals surface area contributed by atoms with E-state index in [4.69, 9.17) is 4.98 Å². The number of benzene rings is 1. The Morgan fingerprint density at radius 2 is 2.07 bits per heavy atom. The van der Waals surface area contributed by atoms with Gasteiger partial charge in [0, 0.05) is 36.8 Å². The van der Waals surface area contributed by atoms with Gasteiger partial charge in [-0.1, -0.05) is 18.2 Å². The third-order valence-electron chi connectivity index (χ3n) is 5.19. The molecule has 0 bridgehead atoms. The molecular formula is C22H22FN3OS. The number of aryl methyl sites for hydroxylation is 1. The molecule has 0 aliphatic carbocycles. The number of aromatic nitrogens is 2. The van der Waals surface area contributed by atoms with E-state index in [1.165, 1.54) is 23.5 Å². The Kier molecular flexibility index (Phi) is 5.48. The van der Waals surface area contributed by atoms with Crippen molar-refractivity contribution in [2.45, 2.75) is 32.1 Å². The van der Waals surface area contributed by atoms with E-state index >= 15 is 0 Å². The predicted molar refractivity (Wildman–Crippen MR) is 108 cm³/mol. The summed E-state index contributed by atoms with van der Waals surface area (Å²) < 4.78 is 13.1. The summed E-state index contributed by atoms with van der Waals surface area (Å²) in [6.45, 7) is 3.34. The minimum Gasteiger partial charge on any atom is -0.337 e. The van der Waals surface area contributed by atoms with Gasteiger partial charge in [-0.3, -0.25) is 9.78 Å². The minimum absolute atomic E-state index is 0.0761. The van der Waals surface area contributed by atoms with E-state index in [9.17, 15) is 9.18 Å². The number of hydrogen-bond acceptors (Lipinski definition) is 4. The maximum Gasteiger partial charge on any atom is 0.265 e. The molecule has 6 heteroatoms. The van der Waals surface area contributed by atoms with Crippen LogP contribution in [0.2, 0.25) is 0 Å². The summed E-state index contributed by atoms with van der Waals surface area (Å²) >= 11 is 1.41. The van der Waals surface area contributed by atoms with Gasteiger partial charge in [-0.25, -0.2) is 9.37 Å². The van der Waals surface area contributed by atoms with Gasteiger partial charge >= 0.3 is 0 Å². The maximum absolute atomic E-state index is 13.1. The number of hydrogen-bond donors (Lipinski definition) is 0. The largest absolute Gasteiger partial charge is 0.337 e. The van der Waals surface area contributed by atoms with Crippen molar-refractivity contribution >= 4 is 17.2 Å². The molecule has 4 nitrogen and oxygen atoms in total. The summed E-state index contributed by atoms with van der Waals surface area (Å²) in [6, 6.07) is 12.6. The molecule has 0 radical (unpaired) electrons. The van der Waals surface area contributed by atoms with Gasteiger partial charge in [-0.15, -0.1) is 11.3 Å². The van der Waals surface area contributed by atoms with Crippen LogP contribution in [-0.2, 0) is 6.42 Å². The Hall–Kier alpha value is -2.60. The SMILES string of the molecule is Cc1ncsc1C(=O)N1CCCC(c2cccc(Cc3ccc(F)cc3)n2)C1. The predicted octanol–water partition coefficient (Wildman–Crippen LogP) is 4.60. The molecule has 1 atom stereocenters. The van der Waals surface area contributed by atoms with E-state index in [1.54, 1.807) is 17.6 Å². The Bertz CT molecular complexity index is 970. The smallest absolute Gasteiger partial charge is 0.265 e. The number of pyridine rings is 1. The molecule has 1 unspecified atom stereocenters. The van der Waals surface area contributed by atoms with Crippen LogP contribution in [0.25, 0.3) is 0 Å². The molecule has 0 saturated carbocycles.